The Labute approximate surface area is 141 Å². The van der Waals surface area contributed by atoms with Gasteiger partial charge < -0.3 is 9.64 Å². The number of nitrogens with zero attached hydrogens (tertiary/aromatic N) is 4. The lowest BCUT2D eigenvalue weighted by molar-refractivity contribution is -0.131. The van der Waals surface area contributed by atoms with Crippen molar-refractivity contribution >= 4 is 28.2 Å². The normalized spacial score (nSPS) is 21.4. The summed E-state index contributed by atoms with van der Waals surface area (Å²) in [6.45, 7) is 9.92. The highest BCUT2D eigenvalue weighted by Crippen LogP contribution is 2.32. The maximum absolute atomic E-state index is 6.51. The molecule has 1 aromatic heterocycles. The third-order valence-corrected chi connectivity index (χ3v) is 5.28. The lowest BCUT2D eigenvalue weighted by Crippen LogP contribution is -2.64. The van der Waals surface area contributed by atoms with Gasteiger partial charge in [0.15, 0.2) is 0 Å². The van der Waals surface area contributed by atoms with Crippen LogP contribution in [0, 0.1) is 6.92 Å². The summed E-state index contributed by atoms with van der Waals surface area (Å²) in [6, 6.07) is 4.06. The van der Waals surface area contributed by atoms with Gasteiger partial charge in [-0.1, -0.05) is 11.6 Å². The van der Waals surface area contributed by atoms with Gasteiger partial charge in [0.25, 0.3) is 0 Å². The first-order chi connectivity index (χ1) is 11.0. The average Bonchev–Trinajstić information content (AvgIpc) is 2.52. The van der Waals surface area contributed by atoms with Crippen LogP contribution in [0.5, 0.6) is 0 Å². The van der Waals surface area contributed by atoms with Crippen molar-refractivity contribution in [3.05, 3.63) is 29.2 Å². The molecular weight excluding hydrogens is 312 g/mol. The van der Waals surface area contributed by atoms with Crippen molar-refractivity contribution in [3.8, 4) is 0 Å². The van der Waals surface area contributed by atoms with Crippen molar-refractivity contribution in [1.82, 2.24) is 14.9 Å². The van der Waals surface area contributed by atoms with Crippen LogP contribution in [0.2, 0.25) is 5.02 Å². The van der Waals surface area contributed by atoms with Crippen LogP contribution in [0.3, 0.4) is 0 Å². The highest BCUT2D eigenvalue weighted by Gasteiger charge is 2.40. The van der Waals surface area contributed by atoms with E-state index in [1.165, 1.54) is 0 Å². The Hall–Kier alpha value is -1.43. The standard InChI is InChI=1S/C17H21ClN4O/c1-12-19-9-13-7-14(18)16(8-15(13)20-12)21-3-5-22(6-4-21)17(2)10-23-11-17/h7-9H,3-6,10-11H2,1-2H3. The van der Waals surface area contributed by atoms with Gasteiger partial charge in [0.05, 0.1) is 35.0 Å². The van der Waals surface area contributed by atoms with E-state index in [0.29, 0.717) is 0 Å². The van der Waals surface area contributed by atoms with Gasteiger partial charge in [-0.15, -0.1) is 0 Å². The maximum Gasteiger partial charge on any atom is 0.125 e. The molecule has 0 radical (unpaired) electrons. The van der Waals surface area contributed by atoms with E-state index < -0.39 is 0 Å². The molecule has 0 bridgehead atoms. The topological polar surface area (TPSA) is 41.5 Å². The zero-order chi connectivity index (χ0) is 16.0. The molecule has 122 valence electrons. The van der Waals surface area contributed by atoms with Gasteiger partial charge in [0.2, 0.25) is 0 Å². The smallest absolute Gasteiger partial charge is 0.125 e. The van der Waals surface area contributed by atoms with Crippen LogP contribution < -0.4 is 4.90 Å². The molecule has 0 aliphatic carbocycles. The minimum absolute atomic E-state index is 0.226. The molecule has 0 spiro atoms. The van der Waals surface area contributed by atoms with Crippen molar-refractivity contribution in [2.24, 2.45) is 0 Å². The molecule has 2 saturated heterocycles. The van der Waals surface area contributed by atoms with Gasteiger partial charge in [0, 0.05) is 37.8 Å². The summed E-state index contributed by atoms with van der Waals surface area (Å²) < 4.78 is 5.39. The van der Waals surface area contributed by atoms with E-state index in [4.69, 9.17) is 16.3 Å². The monoisotopic (exact) mass is 332 g/mol. The summed E-state index contributed by atoms with van der Waals surface area (Å²) in [5, 5.41) is 1.76. The summed E-state index contributed by atoms with van der Waals surface area (Å²) in [7, 11) is 0. The molecule has 3 heterocycles. The zero-order valence-corrected chi connectivity index (χ0v) is 14.3. The molecule has 2 aliphatic heterocycles. The van der Waals surface area contributed by atoms with Gasteiger partial charge in [-0.25, -0.2) is 9.97 Å². The van der Waals surface area contributed by atoms with Crippen LogP contribution in [0.15, 0.2) is 18.3 Å². The SMILES string of the molecule is Cc1ncc2cc(Cl)c(N3CCN(C4(C)COC4)CC3)cc2n1. The fraction of sp³-hybridized carbons (Fsp3) is 0.529. The zero-order valence-electron chi connectivity index (χ0n) is 13.5. The number of hydrogen-bond donors (Lipinski definition) is 0. The molecule has 1 aromatic carbocycles. The predicted molar refractivity (Wildman–Crippen MR) is 92.3 cm³/mol. The summed E-state index contributed by atoms with van der Waals surface area (Å²) in [4.78, 5) is 13.7. The first-order valence-corrected chi connectivity index (χ1v) is 8.44. The minimum Gasteiger partial charge on any atom is -0.377 e. The van der Waals surface area contributed by atoms with E-state index in [1.807, 2.05) is 19.2 Å². The van der Waals surface area contributed by atoms with Crippen LogP contribution in [-0.2, 0) is 4.74 Å². The second-order valence-electron chi connectivity index (χ2n) is 6.74. The molecule has 6 heteroatoms. The molecule has 0 atom stereocenters. The molecule has 0 unspecified atom stereocenters. The Kier molecular flexibility index (Phi) is 3.67. The summed E-state index contributed by atoms with van der Waals surface area (Å²) in [5.41, 5.74) is 2.26. The van der Waals surface area contributed by atoms with Crippen LogP contribution in [0.1, 0.15) is 12.7 Å². The van der Waals surface area contributed by atoms with Crippen molar-refractivity contribution < 1.29 is 4.74 Å². The predicted octanol–water partition coefficient (Wildman–Crippen LogP) is 2.50. The van der Waals surface area contributed by atoms with Crippen LogP contribution in [0.25, 0.3) is 10.9 Å². The maximum atomic E-state index is 6.51. The van der Waals surface area contributed by atoms with Gasteiger partial charge in [-0.3, -0.25) is 4.90 Å². The third kappa shape index (κ3) is 2.67. The Balaban J connectivity index is 1.56. The Morgan fingerprint density at radius 2 is 1.91 bits per heavy atom. The van der Waals surface area contributed by atoms with Crippen molar-refractivity contribution in [1.29, 1.82) is 0 Å². The Morgan fingerprint density at radius 3 is 2.57 bits per heavy atom. The van der Waals surface area contributed by atoms with Crippen molar-refractivity contribution in [3.63, 3.8) is 0 Å². The summed E-state index contributed by atoms with van der Waals surface area (Å²) in [5.74, 6) is 0.786. The number of halogens is 1. The first kappa shape index (κ1) is 15.1. The van der Waals surface area contributed by atoms with Gasteiger partial charge >= 0.3 is 0 Å². The van der Waals surface area contributed by atoms with Crippen LogP contribution in [-0.4, -0.2) is 59.8 Å². The number of benzene rings is 1. The largest absolute Gasteiger partial charge is 0.377 e. The molecule has 2 fully saturated rings. The van der Waals surface area contributed by atoms with E-state index in [2.05, 4.69) is 32.8 Å². The van der Waals surface area contributed by atoms with Gasteiger partial charge in [-0.2, -0.15) is 0 Å². The second kappa shape index (κ2) is 5.58. The number of rotatable bonds is 2. The summed E-state index contributed by atoms with van der Waals surface area (Å²) in [6.07, 6.45) is 1.84. The van der Waals surface area contributed by atoms with E-state index in [9.17, 15) is 0 Å². The number of aromatic nitrogens is 2. The number of anilines is 1. The van der Waals surface area contributed by atoms with E-state index in [1.54, 1.807) is 0 Å². The molecule has 23 heavy (non-hydrogen) atoms. The summed E-state index contributed by atoms with van der Waals surface area (Å²) >= 11 is 6.51. The molecule has 4 rings (SSSR count). The average molecular weight is 333 g/mol. The van der Waals surface area contributed by atoms with Crippen molar-refractivity contribution in [2.75, 3.05) is 44.3 Å². The minimum atomic E-state index is 0.226. The number of ether oxygens (including phenoxy) is 1. The van der Waals surface area contributed by atoms with Gasteiger partial charge in [-0.05, 0) is 26.0 Å². The van der Waals surface area contributed by atoms with Crippen molar-refractivity contribution in [2.45, 2.75) is 19.4 Å². The first-order valence-electron chi connectivity index (χ1n) is 8.06. The number of piperazine rings is 1. The highest BCUT2D eigenvalue weighted by molar-refractivity contribution is 6.34. The molecule has 2 aromatic rings. The number of hydrogen-bond acceptors (Lipinski definition) is 5. The Morgan fingerprint density at radius 1 is 1.17 bits per heavy atom. The van der Waals surface area contributed by atoms with E-state index in [0.717, 1.165) is 66.8 Å². The fourth-order valence-corrected chi connectivity index (χ4v) is 3.73. The lowest BCUT2D eigenvalue weighted by atomic mass is 9.97. The fourth-order valence-electron chi connectivity index (χ4n) is 3.44. The van der Waals surface area contributed by atoms with Crippen LogP contribution in [0.4, 0.5) is 5.69 Å². The second-order valence-corrected chi connectivity index (χ2v) is 7.15. The number of aryl methyl sites for hydroxylation is 1. The van der Waals surface area contributed by atoms with E-state index >= 15 is 0 Å². The van der Waals surface area contributed by atoms with E-state index in [-0.39, 0.29) is 5.54 Å². The van der Waals surface area contributed by atoms with Gasteiger partial charge in [0.1, 0.15) is 5.82 Å². The number of fused-ring (bicyclic) bond motifs is 1. The molecule has 5 nitrogen and oxygen atoms in total. The molecule has 0 amide bonds. The third-order valence-electron chi connectivity index (χ3n) is 4.98. The molecule has 2 aliphatic rings. The molecule has 0 saturated carbocycles. The quantitative estimate of drug-likeness (QED) is 0.845. The molecular formula is C17H21ClN4O. The van der Waals surface area contributed by atoms with Crippen LogP contribution >= 0.6 is 11.6 Å². The Bertz CT molecular complexity index is 739. The lowest BCUT2D eigenvalue weighted by Gasteiger charge is -2.50. The highest BCUT2D eigenvalue weighted by atomic mass is 35.5. The molecule has 0 N–H and O–H groups in total.